The summed E-state index contributed by atoms with van der Waals surface area (Å²) < 4.78 is 18.9. The van der Waals surface area contributed by atoms with Crippen molar-refractivity contribution in [1.82, 2.24) is 4.90 Å². The van der Waals surface area contributed by atoms with Crippen LogP contribution in [0.4, 0.5) is 9.18 Å². The first kappa shape index (κ1) is 17.7. The first-order valence-corrected chi connectivity index (χ1v) is 7.98. The minimum atomic E-state index is -0.576. The Balaban J connectivity index is 2.04. The van der Waals surface area contributed by atoms with Gasteiger partial charge in [0.1, 0.15) is 17.2 Å². The van der Waals surface area contributed by atoms with Crippen molar-refractivity contribution in [2.24, 2.45) is 5.92 Å². The molecule has 1 aliphatic rings. The molecule has 6 heteroatoms. The minimum Gasteiger partial charge on any atom is -0.444 e. The normalized spacial score (nSPS) is 18.9. The van der Waals surface area contributed by atoms with E-state index in [4.69, 9.17) is 16.3 Å². The van der Waals surface area contributed by atoms with Crippen LogP contribution < -0.4 is 0 Å². The maximum atomic E-state index is 13.5. The Kier molecular flexibility index (Phi) is 5.30. The van der Waals surface area contributed by atoms with Crippen LogP contribution in [0.25, 0.3) is 0 Å². The molecule has 2 rings (SSSR count). The molecule has 0 radical (unpaired) electrons. The summed E-state index contributed by atoms with van der Waals surface area (Å²) in [4.78, 5) is 25.8. The third kappa shape index (κ3) is 4.93. The van der Waals surface area contributed by atoms with Crippen molar-refractivity contribution in [3.8, 4) is 0 Å². The third-order valence-electron chi connectivity index (χ3n) is 3.64. The van der Waals surface area contributed by atoms with Gasteiger partial charge in [-0.25, -0.2) is 9.18 Å². The number of amides is 1. The van der Waals surface area contributed by atoms with E-state index in [2.05, 4.69) is 0 Å². The fraction of sp³-hybridized carbons (Fsp3) is 0.529. The Bertz CT molecular complexity index is 612. The van der Waals surface area contributed by atoms with Crippen LogP contribution >= 0.6 is 11.6 Å². The largest absolute Gasteiger partial charge is 0.444 e. The van der Waals surface area contributed by atoms with Crippen molar-refractivity contribution in [1.29, 1.82) is 0 Å². The molecule has 0 aromatic heterocycles. The molecule has 0 N–H and O–H groups in total. The molecule has 1 saturated heterocycles. The molecule has 23 heavy (non-hydrogen) atoms. The van der Waals surface area contributed by atoms with E-state index >= 15 is 0 Å². The number of halogens is 2. The average Bonchev–Trinajstić information content (AvgIpc) is 2.43. The van der Waals surface area contributed by atoms with E-state index in [1.54, 1.807) is 31.7 Å². The number of carbonyl (C=O) groups is 2. The van der Waals surface area contributed by atoms with Crippen molar-refractivity contribution >= 4 is 23.5 Å². The van der Waals surface area contributed by atoms with Crippen LogP contribution in [0.1, 0.15) is 32.8 Å². The van der Waals surface area contributed by atoms with Crippen molar-refractivity contribution in [3.63, 3.8) is 0 Å². The number of nitrogens with zero attached hydrogens (tertiary/aromatic N) is 1. The minimum absolute atomic E-state index is 0.0547. The number of piperidine rings is 1. The van der Waals surface area contributed by atoms with Gasteiger partial charge in [0.05, 0.1) is 5.02 Å². The monoisotopic (exact) mass is 341 g/mol. The molecule has 1 aliphatic heterocycles. The average molecular weight is 342 g/mol. The lowest BCUT2D eigenvalue weighted by Gasteiger charge is -2.33. The lowest BCUT2D eigenvalue weighted by Crippen LogP contribution is -2.46. The fourth-order valence-electron chi connectivity index (χ4n) is 2.53. The van der Waals surface area contributed by atoms with Gasteiger partial charge in [0.25, 0.3) is 0 Å². The van der Waals surface area contributed by atoms with Crippen LogP contribution in [-0.4, -0.2) is 35.5 Å². The molecule has 0 saturated carbocycles. The molecule has 1 fully saturated rings. The molecule has 1 atom stereocenters. The highest BCUT2D eigenvalue weighted by Crippen LogP contribution is 2.22. The second kappa shape index (κ2) is 6.87. The molecule has 4 nitrogen and oxygen atoms in total. The molecule has 0 spiro atoms. The number of hydrogen-bond acceptors (Lipinski definition) is 3. The van der Waals surface area contributed by atoms with Crippen molar-refractivity contribution in [2.75, 3.05) is 13.1 Å². The van der Waals surface area contributed by atoms with E-state index in [1.807, 2.05) is 0 Å². The van der Waals surface area contributed by atoms with Crippen molar-refractivity contribution in [2.45, 2.75) is 39.2 Å². The lowest BCUT2D eigenvalue weighted by atomic mass is 9.90. The summed E-state index contributed by atoms with van der Waals surface area (Å²) in [5, 5.41) is 0.0547. The van der Waals surface area contributed by atoms with Gasteiger partial charge < -0.3 is 9.64 Å². The topological polar surface area (TPSA) is 46.6 Å². The fourth-order valence-corrected chi connectivity index (χ4v) is 2.65. The van der Waals surface area contributed by atoms with Gasteiger partial charge in [0.15, 0.2) is 0 Å². The molecule has 0 aliphatic carbocycles. The number of Topliss-reactive ketones (excluding diaryl/α,β-unsaturated/α-hetero) is 1. The van der Waals surface area contributed by atoms with Crippen LogP contribution in [0, 0.1) is 11.7 Å². The number of rotatable bonds is 2. The molecule has 126 valence electrons. The van der Waals surface area contributed by atoms with E-state index in [9.17, 15) is 14.0 Å². The van der Waals surface area contributed by atoms with Gasteiger partial charge >= 0.3 is 6.09 Å². The van der Waals surface area contributed by atoms with Gasteiger partial charge in [-0.05, 0) is 44.9 Å². The van der Waals surface area contributed by atoms with Crippen molar-refractivity contribution in [3.05, 3.63) is 34.6 Å². The van der Waals surface area contributed by atoms with Gasteiger partial charge in [0.2, 0.25) is 0 Å². The smallest absolute Gasteiger partial charge is 0.410 e. The highest BCUT2D eigenvalue weighted by atomic mass is 35.5. The number of benzene rings is 1. The Morgan fingerprint density at radius 2 is 2.13 bits per heavy atom. The van der Waals surface area contributed by atoms with Gasteiger partial charge in [-0.2, -0.15) is 0 Å². The summed E-state index contributed by atoms with van der Waals surface area (Å²) >= 11 is 5.67. The highest BCUT2D eigenvalue weighted by Gasteiger charge is 2.32. The van der Waals surface area contributed by atoms with Crippen LogP contribution in [0.3, 0.4) is 0 Å². The molecule has 1 amide bonds. The molecular formula is C17H21ClFNO3. The summed E-state index contributed by atoms with van der Waals surface area (Å²) in [5.41, 5.74) is 0.115. The van der Waals surface area contributed by atoms with E-state index in [0.717, 1.165) is 0 Å². The lowest BCUT2D eigenvalue weighted by molar-refractivity contribution is -0.125. The summed E-state index contributed by atoms with van der Waals surface area (Å²) in [6.45, 7) is 6.05. The second-order valence-electron chi connectivity index (χ2n) is 6.79. The SMILES string of the molecule is CC(C)(C)OC(=O)N1CCC(=O)C(Cc2ccc(Cl)c(F)c2)C1. The zero-order valence-electron chi connectivity index (χ0n) is 13.6. The Morgan fingerprint density at radius 3 is 2.74 bits per heavy atom. The van der Waals surface area contributed by atoms with Crippen LogP contribution in [0.5, 0.6) is 0 Å². The highest BCUT2D eigenvalue weighted by molar-refractivity contribution is 6.30. The predicted molar refractivity (Wildman–Crippen MR) is 86.0 cm³/mol. The van der Waals surface area contributed by atoms with Gasteiger partial charge in [-0.1, -0.05) is 17.7 Å². The standard InChI is InChI=1S/C17H21ClFNO3/c1-17(2,3)23-16(22)20-7-6-15(21)12(10-20)8-11-4-5-13(18)14(19)9-11/h4-5,9,12H,6-8,10H2,1-3H3. The van der Waals surface area contributed by atoms with E-state index in [1.165, 1.54) is 12.1 Å². The predicted octanol–water partition coefficient (Wildman–Crippen LogP) is 3.85. The molecule has 1 aromatic rings. The molecular weight excluding hydrogens is 321 g/mol. The van der Waals surface area contributed by atoms with E-state index in [0.29, 0.717) is 24.9 Å². The van der Waals surface area contributed by atoms with E-state index in [-0.39, 0.29) is 23.3 Å². The third-order valence-corrected chi connectivity index (χ3v) is 3.95. The van der Waals surface area contributed by atoms with Crippen molar-refractivity contribution < 1.29 is 18.7 Å². The quantitative estimate of drug-likeness (QED) is 0.821. The van der Waals surface area contributed by atoms with Crippen LogP contribution in [0.2, 0.25) is 5.02 Å². The molecule has 1 aromatic carbocycles. The van der Waals surface area contributed by atoms with Crippen LogP contribution in [0.15, 0.2) is 18.2 Å². The maximum absolute atomic E-state index is 13.5. The Hall–Kier alpha value is -1.62. The van der Waals surface area contributed by atoms with Gasteiger partial charge in [-0.3, -0.25) is 4.79 Å². The first-order chi connectivity index (χ1) is 10.7. The summed E-state index contributed by atoms with van der Waals surface area (Å²) in [7, 11) is 0. The molecule has 1 heterocycles. The number of likely N-dealkylation sites (tertiary alicyclic amines) is 1. The maximum Gasteiger partial charge on any atom is 0.410 e. The Labute approximate surface area is 140 Å². The van der Waals surface area contributed by atoms with E-state index < -0.39 is 17.5 Å². The number of carbonyl (C=O) groups excluding carboxylic acids is 2. The summed E-state index contributed by atoms with van der Waals surface area (Å²) in [5.74, 6) is -0.770. The summed E-state index contributed by atoms with van der Waals surface area (Å²) in [6.07, 6.45) is 0.254. The number of ether oxygens (including phenoxy) is 1. The zero-order valence-corrected chi connectivity index (χ0v) is 14.3. The molecule has 1 unspecified atom stereocenters. The first-order valence-electron chi connectivity index (χ1n) is 7.60. The van der Waals surface area contributed by atoms with Gasteiger partial charge in [-0.15, -0.1) is 0 Å². The number of hydrogen-bond donors (Lipinski definition) is 0. The second-order valence-corrected chi connectivity index (χ2v) is 7.20. The summed E-state index contributed by atoms with van der Waals surface area (Å²) in [6, 6.07) is 4.51. The Morgan fingerprint density at radius 1 is 1.43 bits per heavy atom. The van der Waals surface area contributed by atoms with Gasteiger partial charge in [0, 0.05) is 25.4 Å². The zero-order chi connectivity index (χ0) is 17.2. The number of ketones is 1. The van der Waals surface area contributed by atoms with Crippen LogP contribution in [-0.2, 0) is 16.0 Å². The molecule has 0 bridgehead atoms.